The van der Waals surface area contributed by atoms with Crippen molar-refractivity contribution in [1.82, 2.24) is 14.5 Å². The molecule has 0 heterocycles. The van der Waals surface area contributed by atoms with Gasteiger partial charge in [-0.25, -0.2) is 8.42 Å². The monoisotopic (exact) mass is 465 g/mol. The number of hydrogen-bond acceptors (Lipinski definition) is 4. The molecule has 9 heteroatoms. The second kappa shape index (κ2) is 10.7. The summed E-state index contributed by atoms with van der Waals surface area (Å²) in [6, 6.07) is 12.6. The summed E-state index contributed by atoms with van der Waals surface area (Å²) in [4.78, 5) is 27.0. The third kappa shape index (κ3) is 6.29. The van der Waals surface area contributed by atoms with E-state index in [-0.39, 0.29) is 17.3 Å². The fraction of sp³-hybridized carbons (Fsp3) is 0.364. The average Bonchev–Trinajstić information content (AvgIpc) is 2.73. The summed E-state index contributed by atoms with van der Waals surface area (Å²) < 4.78 is 26.7. The number of carbonyl (C=O) groups is 2. The molecule has 0 spiro atoms. The second-order valence-corrected chi connectivity index (χ2v) is 9.71. The van der Waals surface area contributed by atoms with Crippen LogP contribution in [-0.4, -0.2) is 55.6 Å². The van der Waals surface area contributed by atoms with Crippen molar-refractivity contribution in [3.8, 4) is 0 Å². The van der Waals surface area contributed by atoms with E-state index >= 15 is 0 Å². The van der Waals surface area contributed by atoms with Crippen LogP contribution in [0.4, 0.5) is 0 Å². The average molecular weight is 466 g/mol. The van der Waals surface area contributed by atoms with Gasteiger partial charge in [0.15, 0.2) is 0 Å². The van der Waals surface area contributed by atoms with Crippen LogP contribution in [0.15, 0.2) is 53.4 Å². The number of rotatable bonds is 9. The third-order valence-electron chi connectivity index (χ3n) is 4.90. The number of nitrogens with one attached hydrogen (secondary N) is 1. The summed E-state index contributed by atoms with van der Waals surface area (Å²) in [5, 5.41) is 3.16. The molecule has 0 radical (unpaired) electrons. The van der Waals surface area contributed by atoms with E-state index in [9.17, 15) is 18.0 Å². The van der Waals surface area contributed by atoms with E-state index in [2.05, 4.69) is 5.32 Å². The summed E-state index contributed by atoms with van der Waals surface area (Å²) in [7, 11) is -2.52. The zero-order valence-electron chi connectivity index (χ0n) is 18.1. The molecule has 1 unspecified atom stereocenters. The summed E-state index contributed by atoms with van der Waals surface area (Å²) in [5.74, 6) is -0.830. The van der Waals surface area contributed by atoms with Crippen molar-refractivity contribution >= 4 is 33.4 Å². The maximum Gasteiger partial charge on any atom is 0.243 e. The molecule has 0 saturated carbocycles. The molecule has 2 aromatic carbocycles. The lowest BCUT2D eigenvalue weighted by atomic mass is 10.1. The van der Waals surface area contributed by atoms with Crippen LogP contribution in [0.1, 0.15) is 25.0 Å². The van der Waals surface area contributed by atoms with Crippen molar-refractivity contribution in [3.63, 3.8) is 0 Å². The van der Waals surface area contributed by atoms with Gasteiger partial charge < -0.3 is 10.2 Å². The number of likely N-dealkylation sites (N-methyl/N-ethyl adjacent to an activating group) is 2. The van der Waals surface area contributed by atoms with Gasteiger partial charge in [-0.1, -0.05) is 47.5 Å². The summed E-state index contributed by atoms with van der Waals surface area (Å²) in [6.07, 6.45) is 0. The van der Waals surface area contributed by atoms with Crippen molar-refractivity contribution in [3.05, 3.63) is 64.7 Å². The van der Waals surface area contributed by atoms with Crippen LogP contribution in [0.5, 0.6) is 0 Å². The number of amides is 2. The number of hydrogen-bond donors (Lipinski definition) is 1. The predicted octanol–water partition coefficient (Wildman–Crippen LogP) is 2.82. The first-order chi connectivity index (χ1) is 14.6. The van der Waals surface area contributed by atoms with Crippen LogP contribution in [-0.2, 0) is 26.2 Å². The number of carbonyl (C=O) groups excluding carboxylic acids is 2. The Morgan fingerprint density at radius 1 is 1.10 bits per heavy atom. The Bertz CT molecular complexity index is 1030. The Balaban J connectivity index is 2.28. The summed E-state index contributed by atoms with van der Waals surface area (Å²) >= 11 is 6.24. The van der Waals surface area contributed by atoms with Crippen molar-refractivity contribution in [1.29, 1.82) is 0 Å². The molecule has 0 fully saturated rings. The molecule has 0 aliphatic carbocycles. The number of benzene rings is 2. The van der Waals surface area contributed by atoms with E-state index < -0.39 is 28.5 Å². The van der Waals surface area contributed by atoms with Gasteiger partial charge in [0, 0.05) is 25.2 Å². The van der Waals surface area contributed by atoms with Crippen LogP contribution in [0, 0.1) is 6.92 Å². The van der Waals surface area contributed by atoms with Gasteiger partial charge in [-0.2, -0.15) is 4.31 Å². The molecule has 1 N–H and O–H groups in total. The van der Waals surface area contributed by atoms with E-state index in [0.717, 1.165) is 9.87 Å². The Labute approximate surface area is 189 Å². The first-order valence-corrected chi connectivity index (χ1v) is 11.7. The molecule has 1 atom stereocenters. The van der Waals surface area contributed by atoms with Crippen molar-refractivity contribution in [2.24, 2.45) is 0 Å². The molecular formula is C22H28ClN3O4S. The fourth-order valence-corrected chi connectivity index (χ4v) is 4.29. The van der Waals surface area contributed by atoms with E-state index in [1.54, 1.807) is 50.2 Å². The molecule has 0 aliphatic rings. The van der Waals surface area contributed by atoms with Crippen LogP contribution in [0.3, 0.4) is 0 Å². The minimum atomic E-state index is -3.86. The Morgan fingerprint density at radius 2 is 1.71 bits per heavy atom. The molecule has 31 heavy (non-hydrogen) atoms. The quantitative estimate of drug-likeness (QED) is 0.617. The minimum Gasteiger partial charge on any atom is -0.355 e. The lowest BCUT2D eigenvalue weighted by Crippen LogP contribution is -2.50. The molecule has 2 rings (SSSR count). The molecule has 0 aliphatic heterocycles. The van der Waals surface area contributed by atoms with Gasteiger partial charge in [0.1, 0.15) is 6.04 Å². The largest absolute Gasteiger partial charge is 0.355 e. The topological polar surface area (TPSA) is 86.8 Å². The van der Waals surface area contributed by atoms with Gasteiger partial charge in [0.2, 0.25) is 21.8 Å². The highest BCUT2D eigenvalue weighted by Gasteiger charge is 2.30. The van der Waals surface area contributed by atoms with Gasteiger partial charge in [-0.05, 0) is 44.5 Å². The van der Waals surface area contributed by atoms with Gasteiger partial charge in [0.05, 0.1) is 11.4 Å². The molecule has 0 bridgehead atoms. The molecule has 7 nitrogen and oxygen atoms in total. The highest BCUT2D eigenvalue weighted by Crippen LogP contribution is 2.20. The van der Waals surface area contributed by atoms with Crippen LogP contribution >= 0.6 is 11.6 Å². The standard InChI is InChI=1S/C22H28ClN3O4S/c1-5-24-22(28)17(3)26(14-18-8-6-7-9-20(18)23)21(27)15-25(4)31(29,30)19-12-10-16(2)11-13-19/h6-13,17H,5,14-15H2,1-4H3,(H,24,28). The van der Waals surface area contributed by atoms with Crippen LogP contribution < -0.4 is 5.32 Å². The Kier molecular flexibility index (Phi) is 8.61. The van der Waals surface area contributed by atoms with E-state index in [4.69, 9.17) is 11.6 Å². The maximum atomic E-state index is 13.1. The van der Waals surface area contributed by atoms with E-state index in [1.165, 1.54) is 24.1 Å². The Morgan fingerprint density at radius 3 is 2.29 bits per heavy atom. The first-order valence-electron chi connectivity index (χ1n) is 9.91. The second-order valence-electron chi connectivity index (χ2n) is 7.26. The summed E-state index contributed by atoms with van der Waals surface area (Å²) in [6.45, 7) is 5.33. The van der Waals surface area contributed by atoms with E-state index in [0.29, 0.717) is 17.1 Å². The van der Waals surface area contributed by atoms with E-state index in [1.807, 2.05) is 6.92 Å². The van der Waals surface area contributed by atoms with Gasteiger partial charge >= 0.3 is 0 Å². The number of nitrogens with zero attached hydrogens (tertiary/aromatic N) is 2. The Hall–Kier alpha value is -2.42. The zero-order valence-corrected chi connectivity index (χ0v) is 19.7. The van der Waals surface area contributed by atoms with Crippen LogP contribution in [0.25, 0.3) is 0 Å². The smallest absolute Gasteiger partial charge is 0.243 e. The van der Waals surface area contributed by atoms with Crippen molar-refractivity contribution < 1.29 is 18.0 Å². The summed E-state index contributed by atoms with van der Waals surface area (Å²) in [5.41, 5.74) is 1.59. The predicted molar refractivity (Wildman–Crippen MR) is 121 cm³/mol. The zero-order chi connectivity index (χ0) is 23.2. The molecule has 2 amide bonds. The van der Waals surface area contributed by atoms with Crippen molar-refractivity contribution in [2.75, 3.05) is 20.1 Å². The normalized spacial score (nSPS) is 12.5. The van der Waals surface area contributed by atoms with Crippen LogP contribution in [0.2, 0.25) is 5.02 Å². The third-order valence-corrected chi connectivity index (χ3v) is 7.09. The van der Waals surface area contributed by atoms with Gasteiger partial charge in [-0.3, -0.25) is 9.59 Å². The molecule has 2 aromatic rings. The molecule has 0 saturated heterocycles. The lowest BCUT2D eigenvalue weighted by molar-refractivity contribution is -0.140. The highest BCUT2D eigenvalue weighted by atomic mass is 35.5. The SMILES string of the molecule is CCNC(=O)C(C)N(Cc1ccccc1Cl)C(=O)CN(C)S(=O)(=O)c1ccc(C)cc1. The highest BCUT2D eigenvalue weighted by molar-refractivity contribution is 7.89. The molecule has 168 valence electrons. The fourth-order valence-electron chi connectivity index (χ4n) is 2.97. The minimum absolute atomic E-state index is 0.0786. The van der Waals surface area contributed by atoms with Crippen molar-refractivity contribution in [2.45, 2.75) is 38.3 Å². The number of aryl methyl sites for hydroxylation is 1. The number of sulfonamides is 1. The van der Waals surface area contributed by atoms with Gasteiger partial charge in [0.25, 0.3) is 0 Å². The molecule has 0 aromatic heterocycles. The maximum absolute atomic E-state index is 13.1. The van der Waals surface area contributed by atoms with Gasteiger partial charge in [-0.15, -0.1) is 0 Å². The number of halogens is 1. The lowest BCUT2D eigenvalue weighted by Gasteiger charge is -2.30. The molecular weight excluding hydrogens is 438 g/mol. The first kappa shape index (κ1) is 24.8.